The quantitative estimate of drug-likeness (QED) is 0.623. The van der Waals surface area contributed by atoms with E-state index in [1.54, 1.807) is 0 Å². The molecule has 1 aromatic rings. The molecule has 0 bridgehead atoms. The molecule has 2 heterocycles. The zero-order chi connectivity index (χ0) is 8.55. The van der Waals surface area contributed by atoms with Crippen molar-refractivity contribution in [2.24, 2.45) is 0 Å². The third-order valence-electron chi connectivity index (χ3n) is 2.35. The topological polar surface area (TPSA) is 16.1 Å². The van der Waals surface area contributed by atoms with Gasteiger partial charge in [0.05, 0.1) is 5.69 Å². The number of pyridine rings is 1. The predicted molar refractivity (Wildman–Crippen MR) is 48.8 cm³/mol. The van der Waals surface area contributed by atoms with Crippen molar-refractivity contribution in [1.82, 2.24) is 9.88 Å². The molecule has 0 radical (unpaired) electrons. The Labute approximate surface area is 73.2 Å². The lowest BCUT2D eigenvalue weighted by molar-refractivity contribution is 0.351. The van der Waals surface area contributed by atoms with Crippen molar-refractivity contribution in [2.45, 2.75) is 26.4 Å². The van der Waals surface area contributed by atoms with Crippen LogP contribution in [0.25, 0.3) is 0 Å². The van der Waals surface area contributed by atoms with Gasteiger partial charge in [0, 0.05) is 18.8 Å². The highest BCUT2D eigenvalue weighted by Crippen LogP contribution is 2.19. The Balaban J connectivity index is 2.35. The highest BCUT2D eigenvalue weighted by Gasteiger charge is 2.16. The average molecular weight is 162 g/mol. The number of nitrogens with zero attached hydrogens (tertiary/aromatic N) is 2. The van der Waals surface area contributed by atoms with Gasteiger partial charge in [0.1, 0.15) is 0 Å². The van der Waals surface area contributed by atoms with Crippen LogP contribution in [0.15, 0.2) is 12.1 Å². The summed E-state index contributed by atoms with van der Waals surface area (Å²) in [5.74, 6) is 0. The van der Waals surface area contributed by atoms with Gasteiger partial charge < -0.3 is 0 Å². The van der Waals surface area contributed by atoms with E-state index in [-0.39, 0.29) is 0 Å². The molecule has 1 aromatic heterocycles. The molecule has 2 rings (SSSR count). The molecule has 0 spiro atoms. The molecule has 2 heteroatoms. The van der Waals surface area contributed by atoms with Gasteiger partial charge in [0.2, 0.25) is 0 Å². The van der Waals surface area contributed by atoms with Crippen LogP contribution in [0.4, 0.5) is 0 Å². The van der Waals surface area contributed by atoms with Gasteiger partial charge in [-0.2, -0.15) is 0 Å². The van der Waals surface area contributed by atoms with E-state index in [4.69, 9.17) is 0 Å². The standard InChI is InChI=1S/C10H14N2/c1-3-9-5-4-8-6-12(2)7-10(8)11-9/h4-5H,3,6-7H2,1-2H3. The summed E-state index contributed by atoms with van der Waals surface area (Å²) in [7, 11) is 2.13. The summed E-state index contributed by atoms with van der Waals surface area (Å²) in [4.78, 5) is 6.87. The van der Waals surface area contributed by atoms with Crippen molar-refractivity contribution in [1.29, 1.82) is 0 Å². The number of hydrogen-bond acceptors (Lipinski definition) is 2. The van der Waals surface area contributed by atoms with Crippen LogP contribution in [-0.4, -0.2) is 16.9 Å². The molecule has 0 saturated carbocycles. The van der Waals surface area contributed by atoms with Gasteiger partial charge in [-0.15, -0.1) is 0 Å². The van der Waals surface area contributed by atoms with Crippen LogP contribution in [0.1, 0.15) is 23.9 Å². The van der Waals surface area contributed by atoms with Gasteiger partial charge in [-0.05, 0) is 25.1 Å². The fourth-order valence-electron chi connectivity index (χ4n) is 1.66. The predicted octanol–water partition coefficient (Wildman–Crippen LogP) is 1.59. The second-order valence-corrected chi connectivity index (χ2v) is 3.43. The lowest BCUT2D eigenvalue weighted by Gasteiger charge is -2.02. The van der Waals surface area contributed by atoms with Crippen molar-refractivity contribution in [3.8, 4) is 0 Å². The van der Waals surface area contributed by atoms with Crippen molar-refractivity contribution < 1.29 is 0 Å². The Morgan fingerprint density at radius 3 is 3.00 bits per heavy atom. The molecule has 0 aliphatic carbocycles. The maximum atomic E-state index is 4.58. The fourth-order valence-corrected chi connectivity index (χ4v) is 1.66. The average Bonchev–Trinajstić information content (AvgIpc) is 2.43. The zero-order valence-corrected chi connectivity index (χ0v) is 7.67. The van der Waals surface area contributed by atoms with E-state index in [1.165, 1.54) is 17.0 Å². The van der Waals surface area contributed by atoms with Gasteiger partial charge in [0.15, 0.2) is 0 Å². The Morgan fingerprint density at radius 2 is 2.25 bits per heavy atom. The van der Waals surface area contributed by atoms with E-state index >= 15 is 0 Å². The molecule has 1 aliphatic rings. The maximum Gasteiger partial charge on any atom is 0.0592 e. The summed E-state index contributed by atoms with van der Waals surface area (Å²) in [5.41, 5.74) is 3.88. The van der Waals surface area contributed by atoms with Crippen LogP contribution >= 0.6 is 0 Å². The largest absolute Gasteiger partial charge is 0.296 e. The van der Waals surface area contributed by atoms with Crippen molar-refractivity contribution in [3.63, 3.8) is 0 Å². The van der Waals surface area contributed by atoms with Gasteiger partial charge in [-0.3, -0.25) is 9.88 Å². The molecule has 0 N–H and O–H groups in total. The molecule has 0 atom stereocenters. The maximum absolute atomic E-state index is 4.58. The number of hydrogen-bond donors (Lipinski definition) is 0. The van der Waals surface area contributed by atoms with E-state index in [2.05, 4.69) is 36.0 Å². The minimum atomic E-state index is 1.02. The van der Waals surface area contributed by atoms with Gasteiger partial charge in [0.25, 0.3) is 0 Å². The van der Waals surface area contributed by atoms with E-state index < -0.39 is 0 Å². The Morgan fingerprint density at radius 1 is 1.42 bits per heavy atom. The molecule has 0 fully saturated rings. The summed E-state index contributed by atoms with van der Waals surface area (Å²) >= 11 is 0. The van der Waals surface area contributed by atoms with E-state index in [1.807, 2.05) is 0 Å². The monoisotopic (exact) mass is 162 g/mol. The van der Waals surface area contributed by atoms with Gasteiger partial charge >= 0.3 is 0 Å². The first-order chi connectivity index (χ1) is 5.79. The Hall–Kier alpha value is -0.890. The van der Waals surface area contributed by atoms with Crippen LogP contribution in [0.3, 0.4) is 0 Å². The van der Waals surface area contributed by atoms with E-state index in [0.29, 0.717) is 0 Å². The van der Waals surface area contributed by atoms with E-state index in [0.717, 1.165) is 19.5 Å². The molecule has 2 nitrogen and oxygen atoms in total. The first-order valence-electron chi connectivity index (χ1n) is 4.46. The van der Waals surface area contributed by atoms with Crippen LogP contribution in [-0.2, 0) is 19.5 Å². The van der Waals surface area contributed by atoms with Crippen LogP contribution in [0.5, 0.6) is 0 Å². The summed E-state index contributed by atoms with van der Waals surface area (Å²) in [6.45, 7) is 4.23. The fraction of sp³-hybridized carbons (Fsp3) is 0.500. The molecule has 0 aromatic carbocycles. The summed E-state index contributed by atoms with van der Waals surface area (Å²) in [5, 5.41) is 0. The minimum absolute atomic E-state index is 1.02. The molecular weight excluding hydrogens is 148 g/mol. The normalized spacial score (nSPS) is 16.5. The first kappa shape index (κ1) is 7.74. The highest BCUT2D eigenvalue weighted by atomic mass is 15.1. The molecule has 0 unspecified atom stereocenters. The highest BCUT2D eigenvalue weighted by molar-refractivity contribution is 5.26. The Bertz CT molecular complexity index is 294. The number of aromatic nitrogens is 1. The second kappa shape index (κ2) is 2.87. The molecule has 64 valence electrons. The SMILES string of the molecule is CCc1ccc2c(n1)CN(C)C2. The van der Waals surface area contributed by atoms with Crippen LogP contribution in [0.2, 0.25) is 0 Å². The number of fused-ring (bicyclic) bond motifs is 1. The molecule has 0 saturated heterocycles. The smallest absolute Gasteiger partial charge is 0.0592 e. The van der Waals surface area contributed by atoms with Crippen molar-refractivity contribution in [3.05, 3.63) is 29.1 Å². The third kappa shape index (κ3) is 1.23. The lowest BCUT2D eigenvalue weighted by atomic mass is 10.2. The Kier molecular flexibility index (Phi) is 1.85. The van der Waals surface area contributed by atoms with E-state index in [9.17, 15) is 0 Å². The summed E-state index contributed by atoms with van der Waals surface area (Å²) < 4.78 is 0. The van der Waals surface area contributed by atoms with Crippen molar-refractivity contribution in [2.75, 3.05) is 7.05 Å². The van der Waals surface area contributed by atoms with Crippen LogP contribution < -0.4 is 0 Å². The second-order valence-electron chi connectivity index (χ2n) is 3.43. The molecule has 0 amide bonds. The zero-order valence-electron chi connectivity index (χ0n) is 7.67. The summed E-state index contributed by atoms with van der Waals surface area (Å²) in [6, 6.07) is 4.35. The van der Waals surface area contributed by atoms with Gasteiger partial charge in [-0.25, -0.2) is 0 Å². The van der Waals surface area contributed by atoms with Crippen LogP contribution in [0, 0.1) is 0 Å². The lowest BCUT2D eigenvalue weighted by Crippen LogP contribution is -2.07. The molecular formula is C10H14N2. The number of rotatable bonds is 1. The van der Waals surface area contributed by atoms with Crippen molar-refractivity contribution >= 4 is 0 Å². The number of aryl methyl sites for hydroxylation is 1. The summed E-state index contributed by atoms with van der Waals surface area (Å²) in [6.07, 6.45) is 1.04. The molecule has 12 heavy (non-hydrogen) atoms. The van der Waals surface area contributed by atoms with Gasteiger partial charge in [-0.1, -0.05) is 13.0 Å². The third-order valence-corrected chi connectivity index (χ3v) is 2.35. The minimum Gasteiger partial charge on any atom is -0.296 e. The molecule has 1 aliphatic heterocycles. The first-order valence-corrected chi connectivity index (χ1v) is 4.46.